The molecule has 5 heteroatoms. The van der Waals surface area contributed by atoms with Gasteiger partial charge in [0.2, 0.25) is 12.7 Å². The van der Waals surface area contributed by atoms with Crippen molar-refractivity contribution in [3.05, 3.63) is 23.8 Å². The summed E-state index contributed by atoms with van der Waals surface area (Å²) in [6.45, 7) is 6.87. The number of hydrogen-bond acceptors (Lipinski definition) is 4. The van der Waals surface area contributed by atoms with Crippen molar-refractivity contribution in [3.8, 4) is 11.5 Å². The predicted molar refractivity (Wildman–Crippen MR) is 76.9 cm³/mol. The number of fused-ring (bicyclic) bond motifs is 1. The molecule has 1 aliphatic rings. The van der Waals surface area contributed by atoms with Crippen molar-refractivity contribution in [1.29, 1.82) is 0 Å². The fraction of sp³-hybridized carbons (Fsp3) is 0.533. The van der Waals surface area contributed by atoms with Crippen molar-refractivity contribution in [2.75, 3.05) is 20.4 Å². The van der Waals surface area contributed by atoms with Crippen molar-refractivity contribution in [2.24, 2.45) is 0 Å². The highest BCUT2D eigenvalue weighted by atomic mass is 16.7. The van der Waals surface area contributed by atoms with Gasteiger partial charge in [-0.15, -0.1) is 0 Å². The Morgan fingerprint density at radius 2 is 2.05 bits per heavy atom. The van der Waals surface area contributed by atoms with Crippen molar-refractivity contribution < 1.29 is 14.3 Å². The van der Waals surface area contributed by atoms with E-state index in [0.717, 1.165) is 17.1 Å². The third kappa shape index (κ3) is 3.04. The number of nitrogens with zero attached hydrogens (tertiary/aromatic N) is 1. The molecule has 1 amide bonds. The average Bonchev–Trinajstić information content (AvgIpc) is 2.92. The zero-order chi connectivity index (χ0) is 14.7. The Labute approximate surface area is 119 Å². The molecule has 0 saturated heterocycles. The minimum Gasteiger partial charge on any atom is -0.454 e. The number of likely N-dealkylation sites (N-methyl/N-ethyl adjacent to an activating group) is 1. The van der Waals surface area contributed by atoms with Gasteiger partial charge < -0.3 is 14.4 Å². The number of carbonyl (C=O) groups is 1. The van der Waals surface area contributed by atoms with Crippen LogP contribution in [0.3, 0.4) is 0 Å². The molecule has 2 rings (SSSR count). The predicted octanol–water partition coefficient (Wildman–Crippen LogP) is 1.93. The van der Waals surface area contributed by atoms with Crippen LogP contribution in [0, 0.1) is 0 Å². The van der Waals surface area contributed by atoms with Gasteiger partial charge in [-0.1, -0.05) is 6.07 Å². The van der Waals surface area contributed by atoms with E-state index in [9.17, 15) is 4.79 Å². The highest BCUT2D eigenvalue weighted by molar-refractivity contribution is 5.81. The normalized spacial score (nSPS) is 15.8. The third-order valence-electron chi connectivity index (χ3n) is 3.62. The largest absolute Gasteiger partial charge is 0.454 e. The quantitative estimate of drug-likeness (QED) is 0.894. The molecular weight excluding hydrogens is 256 g/mol. The van der Waals surface area contributed by atoms with E-state index in [2.05, 4.69) is 5.32 Å². The molecule has 20 heavy (non-hydrogen) atoms. The molecule has 0 aromatic heterocycles. The number of ether oxygens (including phenoxy) is 2. The maximum absolute atomic E-state index is 12.0. The Bertz CT molecular complexity index is 490. The summed E-state index contributed by atoms with van der Waals surface area (Å²) in [5.41, 5.74) is 1.08. The highest BCUT2D eigenvalue weighted by Gasteiger charge is 2.20. The molecule has 2 atom stereocenters. The minimum absolute atomic E-state index is 0.0636. The summed E-state index contributed by atoms with van der Waals surface area (Å²) < 4.78 is 10.7. The summed E-state index contributed by atoms with van der Waals surface area (Å²) in [7, 11) is 1.81. The van der Waals surface area contributed by atoms with Crippen LogP contribution in [0.15, 0.2) is 18.2 Å². The van der Waals surface area contributed by atoms with Crippen LogP contribution in [0.4, 0.5) is 0 Å². The van der Waals surface area contributed by atoms with Gasteiger partial charge in [-0.25, -0.2) is 0 Å². The van der Waals surface area contributed by atoms with Crippen LogP contribution >= 0.6 is 0 Å². The first-order valence-corrected chi connectivity index (χ1v) is 6.93. The summed E-state index contributed by atoms with van der Waals surface area (Å²) >= 11 is 0. The van der Waals surface area contributed by atoms with Crippen LogP contribution in [-0.4, -0.2) is 37.2 Å². The van der Waals surface area contributed by atoms with E-state index in [1.165, 1.54) is 0 Å². The molecule has 110 valence electrons. The molecule has 0 fully saturated rings. The van der Waals surface area contributed by atoms with E-state index in [0.29, 0.717) is 6.54 Å². The van der Waals surface area contributed by atoms with Crippen molar-refractivity contribution >= 4 is 5.91 Å². The molecule has 2 unspecified atom stereocenters. The topological polar surface area (TPSA) is 50.8 Å². The van der Waals surface area contributed by atoms with Crippen molar-refractivity contribution in [1.82, 2.24) is 10.2 Å². The van der Waals surface area contributed by atoms with E-state index >= 15 is 0 Å². The van der Waals surface area contributed by atoms with E-state index < -0.39 is 0 Å². The lowest BCUT2D eigenvalue weighted by atomic mass is 10.1. The van der Waals surface area contributed by atoms with Crippen LogP contribution in [0.5, 0.6) is 11.5 Å². The molecule has 0 aliphatic carbocycles. The second-order valence-corrected chi connectivity index (χ2v) is 5.08. The zero-order valence-electron chi connectivity index (χ0n) is 12.5. The molecule has 0 bridgehead atoms. The SMILES string of the molecule is CCN(C)C(=O)C(C)NC(C)c1ccc2c(c1)OCO2. The van der Waals surface area contributed by atoms with Crippen LogP contribution in [0.1, 0.15) is 32.4 Å². The van der Waals surface area contributed by atoms with Gasteiger partial charge in [-0.2, -0.15) is 0 Å². The summed E-state index contributed by atoms with van der Waals surface area (Å²) in [6.07, 6.45) is 0. The lowest BCUT2D eigenvalue weighted by Crippen LogP contribution is -2.43. The smallest absolute Gasteiger partial charge is 0.239 e. The second-order valence-electron chi connectivity index (χ2n) is 5.08. The second kappa shape index (κ2) is 6.13. The number of carbonyl (C=O) groups excluding carboxylic acids is 1. The highest BCUT2D eigenvalue weighted by Crippen LogP contribution is 2.34. The Hall–Kier alpha value is -1.75. The Balaban J connectivity index is 2.01. The summed E-state index contributed by atoms with van der Waals surface area (Å²) in [4.78, 5) is 13.8. The van der Waals surface area contributed by atoms with E-state index in [4.69, 9.17) is 9.47 Å². The number of amides is 1. The van der Waals surface area contributed by atoms with Gasteiger partial charge in [0, 0.05) is 19.6 Å². The number of benzene rings is 1. The Morgan fingerprint density at radius 1 is 1.35 bits per heavy atom. The molecule has 0 radical (unpaired) electrons. The molecule has 1 aromatic carbocycles. The summed E-state index contributed by atoms with van der Waals surface area (Å²) in [6, 6.07) is 5.70. The first kappa shape index (κ1) is 14.7. The summed E-state index contributed by atoms with van der Waals surface area (Å²) in [5, 5.41) is 3.31. The molecular formula is C15H22N2O3. The number of nitrogens with one attached hydrogen (secondary N) is 1. The van der Waals surface area contributed by atoms with Gasteiger partial charge in [0.05, 0.1) is 6.04 Å². The van der Waals surface area contributed by atoms with Crippen molar-refractivity contribution in [3.63, 3.8) is 0 Å². The monoisotopic (exact) mass is 278 g/mol. The molecule has 0 spiro atoms. The number of rotatable bonds is 5. The zero-order valence-corrected chi connectivity index (χ0v) is 12.5. The first-order valence-electron chi connectivity index (χ1n) is 6.93. The first-order chi connectivity index (χ1) is 9.52. The van der Waals surface area contributed by atoms with Gasteiger partial charge in [0.15, 0.2) is 11.5 Å². The average molecular weight is 278 g/mol. The van der Waals surface area contributed by atoms with E-state index in [-0.39, 0.29) is 24.8 Å². The lowest BCUT2D eigenvalue weighted by molar-refractivity contribution is -0.131. The van der Waals surface area contributed by atoms with Crippen LogP contribution < -0.4 is 14.8 Å². The molecule has 1 heterocycles. The van der Waals surface area contributed by atoms with E-state index in [1.54, 1.807) is 4.90 Å². The fourth-order valence-electron chi connectivity index (χ4n) is 2.21. The summed E-state index contributed by atoms with van der Waals surface area (Å²) in [5.74, 6) is 1.64. The Kier molecular flexibility index (Phi) is 4.49. The van der Waals surface area contributed by atoms with Gasteiger partial charge in [0.25, 0.3) is 0 Å². The maximum atomic E-state index is 12.0. The minimum atomic E-state index is -0.222. The fourth-order valence-corrected chi connectivity index (χ4v) is 2.21. The third-order valence-corrected chi connectivity index (χ3v) is 3.62. The van der Waals surface area contributed by atoms with Crippen LogP contribution in [0.2, 0.25) is 0 Å². The molecule has 0 saturated carbocycles. The lowest BCUT2D eigenvalue weighted by Gasteiger charge is -2.24. The number of hydrogen-bond donors (Lipinski definition) is 1. The molecule has 1 aliphatic heterocycles. The van der Waals surface area contributed by atoms with Crippen LogP contribution in [0.25, 0.3) is 0 Å². The molecule has 1 N–H and O–H groups in total. The van der Waals surface area contributed by atoms with E-state index in [1.807, 2.05) is 46.0 Å². The van der Waals surface area contributed by atoms with Gasteiger partial charge in [0.1, 0.15) is 0 Å². The maximum Gasteiger partial charge on any atom is 0.239 e. The molecule has 1 aromatic rings. The van der Waals surface area contributed by atoms with Gasteiger partial charge >= 0.3 is 0 Å². The van der Waals surface area contributed by atoms with Gasteiger partial charge in [-0.3, -0.25) is 10.1 Å². The van der Waals surface area contributed by atoms with Crippen molar-refractivity contribution in [2.45, 2.75) is 32.9 Å². The standard InChI is InChI=1S/C15H22N2O3/c1-5-17(4)15(18)11(3)16-10(2)12-6-7-13-14(8-12)20-9-19-13/h6-8,10-11,16H,5,9H2,1-4H3. The molecule has 5 nitrogen and oxygen atoms in total. The van der Waals surface area contributed by atoms with Gasteiger partial charge in [-0.05, 0) is 38.5 Å². The Morgan fingerprint density at radius 3 is 2.75 bits per heavy atom. The van der Waals surface area contributed by atoms with Crippen LogP contribution in [-0.2, 0) is 4.79 Å².